The number of piperazine rings is 1. The lowest BCUT2D eigenvalue weighted by molar-refractivity contribution is 0.264. The molecule has 0 amide bonds. The van der Waals surface area contributed by atoms with Gasteiger partial charge in [0, 0.05) is 45.5 Å². The topological polar surface area (TPSA) is 58.3 Å². The number of hydrogen-bond acceptors (Lipinski definition) is 5. The van der Waals surface area contributed by atoms with Crippen LogP contribution in [0.15, 0.2) is 18.3 Å². The predicted molar refractivity (Wildman–Crippen MR) is 74.2 cm³/mol. The molecule has 0 unspecified atom stereocenters. The molecule has 5 nitrogen and oxygen atoms in total. The zero-order chi connectivity index (χ0) is 10.5. The fourth-order valence-electron chi connectivity index (χ4n) is 1.85. The first kappa shape index (κ1) is 16.4. The first-order chi connectivity index (χ1) is 7.40. The van der Waals surface area contributed by atoms with E-state index in [1.54, 1.807) is 6.20 Å². The molecule has 0 atom stereocenters. The first-order valence-electron chi connectivity index (χ1n) is 5.35. The molecule has 1 aliphatic rings. The van der Waals surface area contributed by atoms with Crippen LogP contribution in [0.5, 0.6) is 0 Å². The highest BCUT2D eigenvalue weighted by Crippen LogP contribution is 2.10. The highest BCUT2D eigenvalue weighted by Gasteiger charge is 2.16. The van der Waals surface area contributed by atoms with Crippen LogP contribution in [0.3, 0.4) is 0 Å². The van der Waals surface area contributed by atoms with Crippen LogP contribution in [0.1, 0.15) is 0 Å². The Labute approximate surface area is 114 Å². The summed E-state index contributed by atoms with van der Waals surface area (Å²) in [5.41, 5.74) is 5.53. The summed E-state index contributed by atoms with van der Waals surface area (Å²) in [5.74, 6) is 0.977. The third kappa shape index (κ3) is 4.63. The number of aromatic nitrogens is 2. The minimum atomic E-state index is 0. The maximum Gasteiger partial charge on any atom is 0.151 e. The minimum Gasteiger partial charge on any atom is -0.353 e. The summed E-state index contributed by atoms with van der Waals surface area (Å²) in [6, 6.07) is 3.93. The number of nitrogens with zero attached hydrogens (tertiary/aromatic N) is 4. The van der Waals surface area contributed by atoms with E-state index in [9.17, 15) is 0 Å². The Morgan fingerprint density at radius 3 is 2.41 bits per heavy atom. The number of rotatable bonds is 3. The van der Waals surface area contributed by atoms with E-state index in [2.05, 4.69) is 20.0 Å². The van der Waals surface area contributed by atoms with Gasteiger partial charge in [0.2, 0.25) is 0 Å². The lowest BCUT2D eigenvalue weighted by Crippen LogP contribution is -2.48. The van der Waals surface area contributed by atoms with Gasteiger partial charge in [0.25, 0.3) is 0 Å². The Morgan fingerprint density at radius 1 is 1.18 bits per heavy atom. The van der Waals surface area contributed by atoms with Gasteiger partial charge in [-0.1, -0.05) is 0 Å². The standard InChI is InChI=1S/C10H17N5.2ClH/c11-3-5-14-6-8-15(9-7-14)10-2-1-4-12-13-10;;/h1-2,4H,3,5-9,11H2;2*1H. The normalized spacial score (nSPS) is 15.9. The minimum absolute atomic E-state index is 0. The van der Waals surface area contributed by atoms with Gasteiger partial charge in [-0.15, -0.1) is 29.9 Å². The van der Waals surface area contributed by atoms with E-state index in [1.165, 1.54) is 0 Å². The molecule has 0 aliphatic carbocycles. The Kier molecular flexibility index (Phi) is 8.16. The van der Waals surface area contributed by atoms with Crippen LogP contribution in [0.4, 0.5) is 5.82 Å². The average molecular weight is 280 g/mol. The van der Waals surface area contributed by atoms with Gasteiger partial charge < -0.3 is 10.6 Å². The zero-order valence-electron chi connectivity index (χ0n) is 9.66. The van der Waals surface area contributed by atoms with Gasteiger partial charge in [0.15, 0.2) is 5.82 Å². The maximum absolute atomic E-state index is 5.53. The van der Waals surface area contributed by atoms with Gasteiger partial charge in [-0.2, -0.15) is 5.10 Å². The lowest BCUT2D eigenvalue weighted by Gasteiger charge is -2.34. The van der Waals surface area contributed by atoms with E-state index in [-0.39, 0.29) is 24.8 Å². The summed E-state index contributed by atoms with van der Waals surface area (Å²) < 4.78 is 0. The Balaban J connectivity index is 0.00000128. The molecule has 1 aliphatic heterocycles. The van der Waals surface area contributed by atoms with Crippen LogP contribution >= 0.6 is 24.8 Å². The van der Waals surface area contributed by atoms with E-state index in [0.29, 0.717) is 0 Å². The van der Waals surface area contributed by atoms with Crippen LogP contribution in [0, 0.1) is 0 Å². The smallest absolute Gasteiger partial charge is 0.151 e. The predicted octanol–water partition coefficient (Wildman–Crippen LogP) is 0.401. The van der Waals surface area contributed by atoms with Crippen LogP contribution in [-0.4, -0.2) is 54.4 Å². The number of halogens is 2. The zero-order valence-corrected chi connectivity index (χ0v) is 11.3. The second kappa shape index (κ2) is 8.47. The maximum atomic E-state index is 5.53. The van der Waals surface area contributed by atoms with E-state index in [0.717, 1.165) is 45.1 Å². The Morgan fingerprint density at radius 2 is 1.88 bits per heavy atom. The number of nitrogens with two attached hydrogens (primary N) is 1. The summed E-state index contributed by atoms with van der Waals surface area (Å²) in [5, 5.41) is 8.00. The first-order valence-corrected chi connectivity index (χ1v) is 5.35. The fraction of sp³-hybridized carbons (Fsp3) is 0.600. The molecular formula is C10H19Cl2N5. The van der Waals surface area contributed by atoms with Crippen molar-refractivity contribution < 1.29 is 0 Å². The monoisotopic (exact) mass is 279 g/mol. The molecule has 1 aromatic rings. The molecule has 0 aromatic carbocycles. The molecule has 1 fully saturated rings. The van der Waals surface area contributed by atoms with Crippen LogP contribution in [0.2, 0.25) is 0 Å². The van der Waals surface area contributed by atoms with Crippen LogP contribution in [-0.2, 0) is 0 Å². The molecule has 1 aromatic heterocycles. The summed E-state index contributed by atoms with van der Waals surface area (Å²) in [6.45, 7) is 5.89. The molecule has 2 N–H and O–H groups in total. The highest BCUT2D eigenvalue weighted by atomic mass is 35.5. The molecule has 98 valence electrons. The second-order valence-electron chi connectivity index (χ2n) is 3.70. The summed E-state index contributed by atoms with van der Waals surface area (Å²) >= 11 is 0. The largest absolute Gasteiger partial charge is 0.353 e. The number of anilines is 1. The molecule has 2 rings (SSSR count). The van der Waals surface area contributed by atoms with Crippen molar-refractivity contribution >= 4 is 30.6 Å². The SMILES string of the molecule is Cl.Cl.NCCN1CCN(c2cccnn2)CC1. The Bertz CT molecular complexity index is 290. The highest BCUT2D eigenvalue weighted by molar-refractivity contribution is 5.85. The average Bonchev–Trinajstić information content (AvgIpc) is 2.32. The third-order valence-corrected chi connectivity index (χ3v) is 2.70. The van der Waals surface area contributed by atoms with Crippen molar-refractivity contribution in [2.45, 2.75) is 0 Å². The van der Waals surface area contributed by atoms with Gasteiger partial charge in [0.05, 0.1) is 0 Å². The molecule has 0 bridgehead atoms. The molecule has 7 heteroatoms. The van der Waals surface area contributed by atoms with E-state index >= 15 is 0 Å². The summed E-state index contributed by atoms with van der Waals surface area (Å²) in [4.78, 5) is 4.65. The Hall–Kier alpha value is -0.620. The van der Waals surface area contributed by atoms with Gasteiger partial charge >= 0.3 is 0 Å². The number of hydrogen-bond donors (Lipinski definition) is 1. The fourth-order valence-corrected chi connectivity index (χ4v) is 1.85. The summed E-state index contributed by atoms with van der Waals surface area (Å²) in [6.07, 6.45) is 1.70. The van der Waals surface area contributed by atoms with Crippen molar-refractivity contribution in [3.63, 3.8) is 0 Å². The molecule has 0 saturated carbocycles. The molecular weight excluding hydrogens is 261 g/mol. The van der Waals surface area contributed by atoms with Crippen LogP contribution in [0.25, 0.3) is 0 Å². The third-order valence-electron chi connectivity index (χ3n) is 2.70. The van der Waals surface area contributed by atoms with Crippen molar-refractivity contribution in [1.29, 1.82) is 0 Å². The van der Waals surface area contributed by atoms with Crippen molar-refractivity contribution in [3.8, 4) is 0 Å². The second-order valence-corrected chi connectivity index (χ2v) is 3.70. The van der Waals surface area contributed by atoms with Crippen molar-refractivity contribution in [2.75, 3.05) is 44.2 Å². The lowest BCUT2D eigenvalue weighted by atomic mass is 10.3. The van der Waals surface area contributed by atoms with Crippen molar-refractivity contribution in [2.24, 2.45) is 5.73 Å². The van der Waals surface area contributed by atoms with Crippen molar-refractivity contribution in [1.82, 2.24) is 15.1 Å². The van der Waals surface area contributed by atoms with Gasteiger partial charge in [-0.25, -0.2) is 0 Å². The quantitative estimate of drug-likeness (QED) is 0.868. The molecule has 0 radical (unpaired) electrons. The molecule has 1 saturated heterocycles. The molecule has 0 spiro atoms. The van der Waals surface area contributed by atoms with Gasteiger partial charge in [-0.3, -0.25) is 4.90 Å². The van der Waals surface area contributed by atoms with E-state index in [4.69, 9.17) is 5.73 Å². The van der Waals surface area contributed by atoms with E-state index in [1.807, 2.05) is 12.1 Å². The summed E-state index contributed by atoms with van der Waals surface area (Å²) in [7, 11) is 0. The molecule has 2 heterocycles. The van der Waals surface area contributed by atoms with Crippen molar-refractivity contribution in [3.05, 3.63) is 18.3 Å². The van der Waals surface area contributed by atoms with E-state index < -0.39 is 0 Å². The van der Waals surface area contributed by atoms with Gasteiger partial charge in [-0.05, 0) is 12.1 Å². The molecule has 17 heavy (non-hydrogen) atoms. The van der Waals surface area contributed by atoms with Gasteiger partial charge in [0.1, 0.15) is 0 Å². The van der Waals surface area contributed by atoms with Crippen LogP contribution < -0.4 is 10.6 Å².